The molecule has 1 unspecified atom stereocenters. The number of carboxylic acid groups (broad SMARTS) is 1. The Morgan fingerprint density at radius 3 is 2.68 bits per heavy atom. The van der Waals surface area contributed by atoms with Gasteiger partial charge >= 0.3 is 5.97 Å². The van der Waals surface area contributed by atoms with Crippen molar-refractivity contribution in [2.45, 2.75) is 37.0 Å². The second-order valence-electron chi connectivity index (χ2n) is 5.07. The van der Waals surface area contributed by atoms with Crippen molar-refractivity contribution in [1.29, 1.82) is 0 Å². The van der Waals surface area contributed by atoms with Gasteiger partial charge in [0.15, 0.2) is 0 Å². The molecule has 1 saturated carbocycles. The van der Waals surface area contributed by atoms with Crippen LogP contribution in [0.1, 0.15) is 36.3 Å². The van der Waals surface area contributed by atoms with E-state index in [1.165, 1.54) is 0 Å². The first-order valence-corrected chi connectivity index (χ1v) is 7.74. The molecule has 1 aliphatic carbocycles. The van der Waals surface area contributed by atoms with Crippen molar-refractivity contribution in [3.63, 3.8) is 0 Å². The minimum Gasteiger partial charge on any atom is -0.496 e. The molecule has 1 fully saturated rings. The van der Waals surface area contributed by atoms with Crippen molar-refractivity contribution in [2.75, 3.05) is 13.4 Å². The van der Waals surface area contributed by atoms with E-state index >= 15 is 0 Å². The summed E-state index contributed by atoms with van der Waals surface area (Å²) < 4.78 is 5.55. The molecule has 0 saturated heterocycles. The molecule has 4 heteroatoms. The topological polar surface area (TPSA) is 46.5 Å². The van der Waals surface area contributed by atoms with E-state index in [2.05, 4.69) is 6.07 Å². The molecule has 0 radical (unpaired) electrons. The molecule has 1 aliphatic rings. The number of methoxy groups -OCH3 is 1. The summed E-state index contributed by atoms with van der Waals surface area (Å²) in [6.07, 6.45) is 4.47. The number of carbonyl (C=O) groups is 1. The standard InChI is InChI=1S/C15H20O3S/c1-9-4-7-12(19-3)14(15(9)18-2)11(8-13(16)17)10-5-6-10/h4,7,10-11H,5-6,8H2,1-3H3,(H,16,17). The van der Waals surface area contributed by atoms with Crippen LogP contribution in [0, 0.1) is 12.8 Å². The Balaban J connectivity index is 2.49. The number of rotatable bonds is 6. The van der Waals surface area contributed by atoms with E-state index in [9.17, 15) is 9.90 Å². The van der Waals surface area contributed by atoms with Gasteiger partial charge in [0.1, 0.15) is 5.75 Å². The lowest BCUT2D eigenvalue weighted by atomic mass is 9.89. The number of carboxylic acids is 1. The van der Waals surface area contributed by atoms with Crippen molar-refractivity contribution < 1.29 is 14.6 Å². The van der Waals surface area contributed by atoms with E-state index in [4.69, 9.17) is 4.74 Å². The summed E-state index contributed by atoms with van der Waals surface area (Å²) in [5.41, 5.74) is 2.17. The Bertz CT molecular complexity index is 481. The molecule has 0 bridgehead atoms. The second kappa shape index (κ2) is 5.87. The van der Waals surface area contributed by atoms with Gasteiger partial charge in [-0.25, -0.2) is 0 Å². The highest BCUT2D eigenvalue weighted by Crippen LogP contribution is 2.50. The molecule has 104 valence electrons. The number of benzene rings is 1. The SMILES string of the molecule is COc1c(C)ccc(SC)c1C(CC(=O)O)C1CC1. The predicted molar refractivity (Wildman–Crippen MR) is 77.2 cm³/mol. The van der Waals surface area contributed by atoms with Crippen molar-refractivity contribution >= 4 is 17.7 Å². The van der Waals surface area contributed by atoms with Crippen LogP contribution in [-0.4, -0.2) is 24.4 Å². The zero-order valence-electron chi connectivity index (χ0n) is 11.6. The third-order valence-corrected chi connectivity index (χ3v) is 4.53. The number of aryl methyl sites for hydroxylation is 1. The molecule has 2 rings (SSSR count). The summed E-state index contributed by atoms with van der Waals surface area (Å²) in [4.78, 5) is 12.3. The highest BCUT2D eigenvalue weighted by atomic mass is 32.2. The van der Waals surface area contributed by atoms with Crippen LogP contribution in [0.4, 0.5) is 0 Å². The van der Waals surface area contributed by atoms with E-state index in [1.54, 1.807) is 18.9 Å². The highest BCUT2D eigenvalue weighted by molar-refractivity contribution is 7.98. The lowest BCUT2D eigenvalue weighted by Crippen LogP contribution is -2.11. The second-order valence-corrected chi connectivity index (χ2v) is 5.92. The lowest BCUT2D eigenvalue weighted by molar-refractivity contribution is -0.137. The van der Waals surface area contributed by atoms with Gasteiger partial charge < -0.3 is 9.84 Å². The van der Waals surface area contributed by atoms with E-state index in [0.29, 0.717) is 5.92 Å². The summed E-state index contributed by atoms with van der Waals surface area (Å²) in [5.74, 6) is 0.713. The Morgan fingerprint density at radius 2 is 2.21 bits per heavy atom. The largest absolute Gasteiger partial charge is 0.496 e. The molecule has 0 amide bonds. The van der Waals surface area contributed by atoms with Crippen LogP contribution in [0.25, 0.3) is 0 Å². The Kier molecular flexibility index (Phi) is 4.40. The van der Waals surface area contributed by atoms with Crippen LogP contribution in [0.5, 0.6) is 5.75 Å². The number of aliphatic carboxylic acids is 1. The van der Waals surface area contributed by atoms with E-state index < -0.39 is 5.97 Å². The summed E-state index contributed by atoms with van der Waals surface area (Å²) in [6, 6.07) is 4.12. The van der Waals surface area contributed by atoms with Gasteiger partial charge in [0.2, 0.25) is 0 Å². The molecular weight excluding hydrogens is 260 g/mol. The Morgan fingerprint density at radius 1 is 1.53 bits per heavy atom. The lowest BCUT2D eigenvalue weighted by Gasteiger charge is -2.22. The molecule has 0 aliphatic heterocycles. The number of thioether (sulfide) groups is 1. The van der Waals surface area contributed by atoms with Crippen molar-refractivity contribution in [1.82, 2.24) is 0 Å². The quantitative estimate of drug-likeness (QED) is 0.807. The van der Waals surface area contributed by atoms with Crippen LogP contribution < -0.4 is 4.74 Å². The maximum Gasteiger partial charge on any atom is 0.303 e. The average molecular weight is 280 g/mol. The first-order chi connectivity index (χ1) is 9.08. The first kappa shape index (κ1) is 14.3. The maximum absolute atomic E-state index is 11.2. The van der Waals surface area contributed by atoms with Gasteiger partial charge in [0.05, 0.1) is 13.5 Å². The molecule has 0 spiro atoms. The number of ether oxygens (including phenoxy) is 1. The molecule has 0 heterocycles. The van der Waals surface area contributed by atoms with Gasteiger partial charge in [0.25, 0.3) is 0 Å². The smallest absolute Gasteiger partial charge is 0.303 e. The zero-order valence-corrected chi connectivity index (χ0v) is 12.4. The van der Waals surface area contributed by atoms with Gasteiger partial charge in [-0.1, -0.05) is 6.07 Å². The number of hydrogen-bond donors (Lipinski definition) is 1. The highest BCUT2D eigenvalue weighted by Gasteiger charge is 2.37. The third-order valence-electron chi connectivity index (χ3n) is 3.73. The Hall–Kier alpha value is -1.16. The van der Waals surface area contributed by atoms with Gasteiger partial charge in [-0.15, -0.1) is 11.8 Å². The molecule has 1 N–H and O–H groups in total. The fourth-order valence-electron chi connectivity index (χ4n) is 2.68. The zero-order chi connectivity index (χ0) is 14.0. The van der Waals surface area contributed by atoms with E-state index in [0.717, 1.165) is 34.6 Å². The minimum atomic E-state index is -0.729. The maximum atomic E-state index is 11.2. The van der Waals surface area contributed by atoms with Gasteiger partial charge in [-0.05, 0) is 43.6 Å². The monoisotopic (exact) mass is 280 g/mol. The molecule has 19 heavy (non-hydrogen) atoms. The molecular formula is C15H20O3S. The van der Waals surface area contributed by atoms with Gasteiger partial charge in [-0.2, -0.15) is 0 Å². The Labute approximate surface area is 118 Å². The predicted octanol–water partition coefficient (Wildman–Crippen LogP) is 3.69. The van der Waals surface area contributed by atoms with Crippen LogP contribution in [0.2, 0.25) is 0 Å². The van der Waals surface area contributed by atoms with Crippen LogP contribution in [-0.2, 0) is 4.79 Å². The average Bonchev–Trinajstić information content (AvgIpc) is 3.19. The van der Waals surface area contributed by atoms with Crippen molar-refractivity contribution in [2.24, 2.45) is 5.92 Å². The molecule has 1 aromatic rings. The van der Waals surface area contributed by atoms with Crippen LogP contribution in [0.15, 0.2) is 17.0 Å². The molecule has 0 aromatic heterocycles. The van der Waals surface area contributed by atoms with Crippen LogP contribution in [0.3, 0.4) is 0 Å². The van der Waals surface area contributed by atoms with Gasteiger partial charge in [-0.3, -0.25) is 4.79 Å². The first-order valence-electron chi connectivity index (χ1n) is 6.51. The summed E-state index contributed by atoms with van der Waals surface area (Å²) in [7, 11) is 1.67. The van der Waals surface area contributed by atoms with Crippen molar-refractivity contribution in [3.8, 4) is 5.75 Å². The third kappa shape index (κ3) is 3.06. The fourth-order valence-corrected chi connectivity index (χ4v) is 3.35. The summed E-state index contributed by atoms with van der Waals surface area (Å²) in [6.45, 7) is 2.01. The van der Waals surface area contributed by atoms with E-state index in [1.807, 2.05) is 19.2 Å². The van der Waals surface area contributed by atoms with E-state index in [-0.39, 0.29) is 12.3 Å². The van der Waals surface area contributed by atoms with Crippen LogP contribution >= 0.6 is 11.8 Å². The molecule has 1 aromatic carbocycles. The number of hydrogen-bond acceptors (Lipinski definition) is 3. The summed E-state index contributed by atoms with van der Waals surface area (Å²) >= 11 is 1.66. The normalized spacial score (nSPS) is 16.2. The molecule has 1 atom stereocenters. The molecule has 3 nitrogen and oxygen atoms in total. The van der Waals surface area contributed by atoms with Gasteiger partial charge in [0, 0.05) is 16.4 Å². The van der Waals surface area contributed by atoms with Crippen molar-refractivity contribution in [3.05, 3.63) is 23.3 Å². The summed E-state index contributed by atoms with van der Waals surface area (Å²) in [5, 5.41) is 9.17. The minimum absolute atomic E-state index is 0.0785. The fraction of sp³-hybridized carbons (Fsp3) is 0.533.